The van der Waals surface area contributed by atoms with Crippen molar-refractivity contribution in [1.29, 1.82) is 0 Å². The largest absolute Gasteiger partial charge is 0.497 e. The van der Waals surface area contributed by atoms with Gasteiger partial charge in [0.2, 0.25) is 0 Å². The highest BCUT2D eigenvalue weighted by molar-refractivity contribution is 5.86. The van der Waals surface area contributed by atoms with Crippen molar-refractivity contribution in [2.45, 2.75) is 0 Å². The Morgan fingerprint density at radius 2 is 1.90 bits per heavy atom. The Kier molecular flexibility index (Phi) is 3.09. The summed E-state index contributed by atoms with van der Waals surface area (Å²) in [5.74, 6) is 1.73. The minimum Gasteiger partial charge on any atom is -0.497 e. The second-order valence-corrected chi connectivity index (χ2v) is 4.24. The lowest BCUT2D eigenvalue weighted by molar-refractivity contribution is 0.415. The average molecular weight is 267 g/mol. The second kappa shape index (κ2) is 5.05. The summed E-state index contributed by atoms with van der Waals surface area (Å²) >= 11 is 0. The van der Waals surface area contributed by atoms with Gasteiger partial charge >= 0.3 is 0 Å². The Labute approximate surface area is 116 Å². The zero-order chi connectivity index (χ0) is 13.9. The van der Waals surface area contributed by atoms with Crippen molar-refractivity contribution in [3.63, 3.8) is 0 Å². The monoisotopic (exact) mass is 267 g/mol. The van der Waals surface area contributed by atoms with Crippen LogP contribution < -0.4 is 10.5 Å². The van der Waals surface area contributed by atoms with Crippen molar-refractivity contribution in [3.8, 4) is 28.2 Å². The summed E-state index contributed by atoms with van der Waals surface area (Å²) in [7, 11) is 1.62. The van der Waals surface area contributed by atoms with Crippen molar-refractivity contribution in [3.05, 3.63) is 48.8 Å². The fourth-order valence-corrected chi connectivity index (χ4v) is 2.06. The third-order valence-corrected chi connectivity index (χ3v) is 3.02. The first-order valence-corrected chi connectivity index (χ1v) is 6.09. The third kappa shape index (κ3) is 2.09. The fraction of sp³-hybridized carbons (Fsp3) is 0.0667. The van der Waals surface area contributed by atoms with Crippen molar-refractivity contribution in [2.24, 2.45) is 0 Å². The van der Waals surface area contributed by atoms with Gasteiger partial charge in [-0.1, -0.05) is 17.3 Å². The number of nitrogens with two attached hydrogens (primary N) is 1. The van der Waals surface area contributed by atoms with Gasteiger partial charge in [0.15, 0.2) is 11.6 Å². The molecule has 0 radical (unpaired) electrons. The molecule has 0 fully saturated rings. The number of nitrogens with zero attached hydrogens (tertiary/aromatic N) is 2. The lowest BCUT2D eigenvalue weighted by atomic mass is 10.0. The summed E-state index contributed by atoms with van der Waals surface area (Å²) in [6, 6.07) is 11.3. The highest BCUT2D eigenvalue weighted by atomic mass is 16.5. The molecule has 5 heteroatoms. The molecule has 0 atom stereocenters. The van der Waals surface area contributed by atoms with Crippen LogP contribution in [0.25, 0.3) is 22.5 Å². The van der Waals surface area contributed by atoms with Crippen molar-refractivity contribution in [1.82, 2.24) is 10.1 Å². The zero-order valence-electron chi connectivity index (χ0n) is 10.9. The normalized spacial score (nSPS) is 10.4. The molecule has 0 unspecified atom stereocenters. The highest BCUT2D eigenvalue weighted by Crippen LogP contribution is 2.37. The molecule has 3 rings (SSSR count). The number of benzene rings is 1. The van der Waals surface area contributed by atoms with Crippen LogP contribution in [0.2, 0.25) is 0 Å². The van der Waals surface area contributed by atoms with Crippen LogP contribution in [0, 0.1) is 0 Å². The van der Waals surface area contributed by atoms with Gasteiger partial charge < -0.3 is 15.0 Å². The highest BCUT2D eigenvalue weighted by Gasteiger charge is 2.17. The molecule has 0 bridgehead atoms. The van der Waals surface area contributed by atoms with E-state index in [1.165, 1.54) is 0 Å². The van der Waals surface area contributed by atoms with Crippen LogP contribution in [0.3, 0.4) is 0 Å². The lowest BCUT2D eigenvalue weighted by Gasteiger charge is -2.05. The summed E-state index contributed by atoms with van der Waals surface area (Å²) in [6.07, 6.45) is 3.40. The first-order chi connectivity index (χ1) is 9.79. The Balaban J connectivity index is 2.16. The second-order valence-electron chi connectivity index (χ2n) is 4.24. The number of aromatic nitrogens is 2. The lowest BCUT2D eigenvalue weighted by Crippen LogP contribution is -1.90. The molecular formula is C15H13N3O2. The number of pyridine rings is 1. The van der Waals surface area contributed by atoms with Crippen LogP contribution in [-0.4, -0.2) is 17.3 Å². The quantitative estimate of drug-likeness (QED) is 0.789. The summed E-state index contributed by atoms with van der Waals surface area (Å²) in [5.41, 5.74) is 8.48. The van der Waals surface area contributed by atoms with Gasteiger partial charge in [0.1, 0.15) is 5.75 Å². The van der Waals surface area contributed by atoms with E-state index in [-0.39, 0.29) is 0 Å². The van der Waals surface area contributed by atoms with E-state index in [0.717, 1.165) is 22.4 Å². The summed E-state index contributed by atoms with van der Waals surface area (Å²) < 4.78 is 10.6. The molecule has 20 heavy (non-hydrogen) atoms. The number of rotatable bonds is 3. The zero-order valence-corrected chi connectivity index (χ0v) is 10.9. The number of hydrogen-bond acceptors (Lipinski definition) is 5. The van der Waals surface area contributed by atoms with E-state index in [1.807, 2.05) is 36.4 Å². The molecule has 0 amide bonds. The molecule has 3 aromatic rings. The minimum atomic E-state index is 0.352. The number of ether oxygens (including phenoxy) is 1. The first kappa shape index (κ1) is 12.2. The first-order valence-electron chi connectivity index (χ1n) is 6.09. The maximum atomic E-state index is 5.94. The molecule has 0 saturated carbocycles. The summed E-state index contributed by atoms with van der Waals surface area (Å²) in [6.45, 7) is 0. The summed E-state index contributed by atoms with van der Waals surface area (Å²) in [4.78, 5) is 3.99. The Bertz CT molecular complexity index is 723. The van der Waals surface area contributed by atoms with E-state index >= 15 is 0 Å². The van der Waals surface area contributed by atoms with Crippen molar-refractivity contribution >= 4 is 5.82 Å². The smallest absolute Gasteiger partial charge is 0.177 e. The molecule has 0 aliphatic carbocycles. The molecule has 2 aromatic heterocycles. The molecule has 2 N–H and O–H groups in total. The maximum Gasteiger partial charge on any atom is 0.177 e. The standard InChI is InChI=1S/C15H13N3O2/c1-19-12-4-2-3-11(9-12)13-14(20-18-15(13)16)10-5-7-17-8-6-10/h2-9H,1H3,(H2,16,18). The van der Waals surface area contributed by atoms with Crippen LogP contribution in [-0.2, 0) is 0 Å². The van der Waals surface area contributed by atoms with E-state index in [0.29, 0.717) is 11.6 Å². The van der Waals surface area contributed by atoms with Crippen molar-refractivity contribution < 1.29 is 9.26 Å². The van der Waals surface area contributed by atoms with Crippen molar-refractivity contribution in [2.75, 3.05) is 12.8 Å². The van der Waals surface area contributed by atoms with Gasteiger partial charge in [-0.3, -0.25) is 4.98 Å². The van der Waals surface area contributed by atoms with Gasteiger partial charge in [0.05, 0.1) is 12.7 Å². The Hall–Kier alpha value is -2.82. The Morgan fingerprint density at radius 1 is 1.10 bits per heavy atom. The Morgan fingerprint density at radius 3 is 2.65 bits per heavy atom. The topological polar surface area (TPSA) is 74.2 Å². The minimum absolute atomic E-state index is 0.352. The average Bonchev–Trinajstić information content (AvgIpc) is 2.90. The van der Waals surface area contributed by atoms with Crippen LogP contribution >= 0.6 is 0 Å². The molecule has 1 aromatic carbocycles. The molecule has 0 aliphatic rings. The number of methoxy groups -OCH3 is 1. The predicted molar refractivity (Wildman–Crippen MR) is 76.1 cm³/mol. The van der Waals surface area contributed by atoms with E-state index in [9.17, 15) is 0 Å². The molecule has 0 spiro atoms. The maximum absolute atomic E-state index is 5.94. The molecule has 0 saturated heterocycles. The van der Waals surface area contributed by atoms with Gasteiger partial charge in [-0.05, 0) is 29.8 Å². The molecule has 5 nitrogen and oxygen atoms in total. The van der Waals surface area contributed by atoms with Gasteiger partial charge in [-0.25, -0.2) is 0 Å². The van der Waals surface area contributed by atoms with Gasteiger partial charge in [0.25, 0.3) is 0 Å². The fourth-order valence-electron chi connectivity index (χ4n) is 2.06. The van der Waals surface area contributed by atoms with Crippen LogP contribution in [0.4, 0.5) is 5.82 Å². The van der Waals surface area contributed by atoms with Crippen LogP contribution in [0.5, 0.6) is 5.75 Å². The molecule has 0 aliphatic heterocycles. The van der Waals surface area contributed by atoms with E-state index < -0.39 is 0 Å². The van der Waals surface area contributed by atoms with E-state index in [2.05, 4.69) is 10.1 Å². The van der Waals surface area contributed by atoms with Gasteiger partial charge in [-0.2, -0.15) is 0 Å². The number of anilines is 1. The molecule has 100 valence electrons. The van der Waals surface area contributed by atoms with Crippen LogP contribution in [0.15, 0.2) is 53.3 Å². The van der Waals surface area contributed by atoms with E-state index in [1.54, 1.807) is 19.5 Å². The van der Waals surface area contributed by atoms with E-state index in [4.69, 9.17) is 15.0 Å². The number of nitrogen functional groups attached to an aromatic ring is 1. The predicted octanol–water partition coefficient (Wildman–Crippen LogP) is 2.99. The molecule has 2 heterocycles. The molecular weight excluding hydrogens is 254 g/mol. The SMILES string of the molecule is COc1cccc(-c2c(N)noc2-c2ccncc2)c1. The summed E-state index contributed by atoms with van der Waals surface area (Å²) in [5, 5.41) is 3.87. The number of hydrogen-bond donors (Lipinski definition) is 1. The van der Waals surface area contributed by atoms with Crippen LogP contribution in [0.1, 0.15) is 0 Å². The van der Waals surface area contributed by atoms with Gasteiger partial charge in [-0.15, -0.1) is 0 Å². The van der Waals surface area contributed by atoms with Gasteiger partial charge in [0, 0.05) is 18.0 Å². The third-order valence-electron chi connectivity index (χ3n) is 3.02.